The fraction of sp³-hybridized carbons (Fsp3) is 0.0909. The van der Waals surface area contributed by atoms with Gasteiger partial charge in [0.1, 0.15) is 11.2 Å². The maximum absolute atomic E-state index is 5.45. The van der Waals surface area contributed by atoms with Gasteiger partial charge in [0.15, 0.2) is 0 Å². The van der Waals surface area contributed by atoms with E-state index in [1.165, 1.54) is 0 Å². The molecule has 0 N–H and O–H groups in total. The lowest BCUT2D eigenvalue weighted by Crippen LogP contribution is -1.97. The van der Waals surface area contributed by atoms with E-state index in [4.69, 9.17) is 4.74 Å². The second-order valence-corrected chi connectivity index (χ2v) is 3.78. The predicted molar refractivity (Wildman–Crippen MR) is 60.5 cm³/mol. The lowest BCUT2D eigenvalue weighted by molar-refractivity contribution is 0.290. The van der Waals surface area contributed by atoms with E-state index in [0.29, 0.717) is 17.1 Å². The first kappa shape index (κ1) is 10.1. The maximum Gasteiger partial charge on any atom is 0.233 e. The minimum Gasteiger partial charge on any atom is -0.472 e. The summed E-state index contributed by atoms with van der Waals surface area (Å²) in [5.74, 6) is 0.530. The molecule has 1 aromatic heterocycles. The summed E-state index contributed by atoms with van der Waals surface area (Å²) in [4.78, 5) is 0. The summed E-state index contributed by atoms with van der Waals surface area (Å²) >= 11 is 3.21. The number of benzene rings is 1. The van der Waals surface area contributed by atoms with E-state index in [1.54, 1.807) is 12.1 Å². The van der Waals surface area contributed by atoms with Crippen molar-refractivity contribution < 1.29 is 4.74 Å². The van der Waals surface area contributed by atoms with Crippen molar-refractivity contribution in [3.8, 4) is 5.88 Å². The molecule has 0 aliphatic carbocycles. The highest BCUT2D eigenvalue weighted by atomic mass is 79.9. The van der Waals surface area contributed by atoms with E-state index in [1.807, 2.05) is 30.3 Å². The van der Waals surface area contributed by atoms with E-state index in [2.05, 4.69) is 26.1 Å². The van der Waals surface area contributed by atoms with Crippen LogP contribution in [0.5, 0.6) is 5.88 Å². The van der Waals surface area contributed by atoms with Crippen LogP contribution in [-0.2, 0) is 6.61 Å². The number of ether oxygens (including phenoxy) is 1. The van der Waals surface area contributed by atoms with Gasteiger partial charge in [-0.1, -0.05) is 30.3 Å². The molecule has 0 spiro atoms. The highest BCUT2D eigenvalue weighted by molar-refractivity contribution is 9.10. The van der Waals surface area contributed by atoms with Gasteiger partial charge < -0.3 is 4.74 Å². The topological polar surface area (TPSA) is 35.0 Å². The zero-order chi connectivity index (χ0) is 10.5. The van der Waals surface area contributed by atoms with Crippen molar-refractivity contribution in [3.63, 3.8) is 0 Å². The summed E-state index contributed by atoms with van der Waals surface area (Å²) in [5, 5.41) is 7.71. The van der Waals surface area contributed by atoms with Gasteiger partial charge in [-0.2, -0.15) is 0 Å². The van der Waals surface area contributed by atoms with Crippen LogP contribution in [0.25, 0.3) is 0 Å². The Kier molecular flexibility index (Phi) is 3.29. The molecule has 3 nitrogen and oxygen atoms in total. The molecule has 0 aliphatic heterocycles. The molecule has 0 saturated carbocycles. The second-order valence-electron chi connectivity index (χ2n) is 2.97. The first-order valence-corrected chi connectivity index (χ1v) is 5.30. The lowest BCUT2D eigenvalue weighted by atomic mass is 10.2. The molecule has 4 heteroatoms. The molecule has 0 atom stereocenters. The highest BCUT2D eigenvalue weighted by Crippen LogP contribution is 2.10. The Labute approximate surface area is 96.2 Å². The summed E-state index contributed by atoms with van der Waals surface area (Å²) in [7, 11) is 0. The van der Waals surface area contributed by atoms with Crippen LogP contribution < -0.4 is 4.74 Å². The Bertz CT molecular complexity index is 416. The number of hydrogen-bond donors (Lipinski definition) is 0. The lowest BCUT2D eigenvalue weighted by Gasteiger charge is -2.03. The molecular formula is C11H9BrN2O. The van der Waals surface area contributed by atoms with Gasteiger partial charge in [-0.15, -0.1) is 10.2 Å². The molecule has 0 amide bonds. The molecule has 1 aromatic carbocycles. The molecule has 0 aliphatic rings. The SMILES string of the molecule is Brc1ccc(OCc2ccccc2)nn1. The van der Waals surface area contributed by atoms with Crippen LogP contribution in [0.1, 0.15) is 5.56 Å². The molecule has 0 fully saturated rings. The second kappa shape index (κ2) is 4.89. The monoisotopic (exact) mass is 264 g/mol. The zero-order valence-corrected chi connectivity index (χ0v) is 9.52. The molecule has 76 valence electrons. The Morgan fingerprint density at radius 2 is 1.80 bits per heavy atom. The van der Waals surface area contributed by atoms with Crippen LogP contribution in [-0.4, -0.2) is 10.2 Å². The maximum atomic E-state index is 5.45. The van der Waals surface area contributed by atoms with Gasteiger partial charge in [-0.25, -0.2) is 0 Å². The Morgan fingerprint density at radius 3 is 2.47 bits per heavy atom. The van der Waals surface area contributed by atoms with Gasteiger partial charge in [-0.05, 0) is 27.6 Å². The smallest absolute Gasteiger partial charge is 0.233 e. The molecule has 0 saturated heterocycles. The van der Waals surface area contributed by atoms with Crippen LogP contribution in [0.15, 0.2) is 47.1 Å². The van der Waals surface area contributed by atoms with Gasteiger partial charge in [0.05, 0.1) is 0 Å². The van der Waals surface area contributed by atoms with Crippen molar-refractivity contribution in [2.45, 2.75) is 6.61 Å². The fourth-order valence-electron chi connectivity index (χ4n) is 1.11. The van der Waals surface area contributed by atoms with E-state index >= 15 is 0 Å². The Morgan fingerprint density at radius 1 is 1.00 bits per heavy atom. The molecule has 0 radical (unpaired) electrons. The fourth-order valence-corrected chi connectivity index (χ4v) is 1.32. The average molecular weight is 265 g/mol. The average Bonchev–Trinajstić information content (AvgIpc) is 2.30. The molecular weight excluding hydrogens is 256 g/mol. The minimum atomic E-state index is 0.511. The number of hydrogen-bond acceptors (Lipinski definition) is 3. The molecule has 0 unspecified atom stereocenters. The van der Waals surface area contributed by atoms with Crippen LogP contribution in [0.2, 0.25) is 0 Å². The normalized spacial score (nSPS) is 9.93. The summed E-state index contributed by atoms with van der Waals surface area (Å²) in [5.41, 5.74) is 1.11. The van der Waals surface area contributed by atoms with Crippen molar-refractivity contribution in [2.75, 3.05) is 0 Å². The van der Waals surface area contributed by atoms with Crippen molar-refractivity contribution in [1.82, 2.24) is 10.2 Å². The number of aromatic nitrogens is 2. The number of nitrogens with zero attached hydrogens (tertiary/aromatic N) is 2. The van der Waals surface area contributed by atoms with Crippen molar-refractivity contribution in [3.05, 3.63) is 52.6 Å². The summed E-state index contributed by atoms with van der Waals surface area (Å²) < 4.78 is 6.16. The van der Waals surface area contributed by atoms with Crippen LogP contribution in [0, 0.1) is 0 Å². The molecule has 2 aromatic rings. The quantitative estimate of drug-likeness (QED) is 0.855. The Balaban J connectivity index is 1.96. The van der Waals surface area contributed by atoms with Crippen molar-refractivity contribution in [1.29, 1.82) is 0 Å². The van der Waals surface area contributed by atoms with Gasteiger partial charge in [0.2, 0.25) is 5.88 Å². The van der Waals surface area contributed by atoms with Gasteiger partial charge in [0.25, 0.3) is 0 Å². The number of rotatable bonds is 3. The third kappa shape index (κ3) is 3.02. The van der Waals surface area contributed by atoms with Crippen LogP contribution in [0.3, 0.4) is 0 Å². The van der Waals surface area contributed by atoms with Crippen molar-refractivity contribution in [2.24, 2.45) is 0 Å². The van der Waals surface area contributed by atoms with E-state index in [-0.39, 0.29) is 0 Å². The van der Waals surface area contributed by atoms with Gasteiger partial charge in [-0.3, -0.25) is 0 Å². The van der Waals surface area contributed by atoms with Gasteiger partial charge >= 0.3 is 0 Å². The summed E-state index contributed by atoms with van der Waals surface area (Å²) in [6, 6.07) is 13.5. The first-order valence-electron chi connectivity index (χ1n) is 4.50. The predicted octanol–water partition coefficient (Wildman–Crippen LogP) is 2.82. The third-order valence-corrected chi connectivity index (χ3v) is 2.26. The minimum absolute atomic E-state index is 0.511. The largest absolute Gasteiger partial charge is 0.472 e. The molecule has 0 bridgehead atoms. The van der Waals surface area contributed by atoms with Crippen LogP contribution in [0.4, 0.5) is 0 Å². The van der Waals surface area contributed by atoms with Crippen LogP contribution >= 0.6 is 15.9 Å². The van der Waals surface area contributed by atoms with E-state index < -0.39 is 0 Å². The van der Waals surface area contributed by atoms with E-state index in [0.717, 1.165) is 5.56 Å². The van der Waals surface area contributed by atoms with E-state index in [9.17, 15) is 0 Å². The number of halogens is 1. The van der Waals surface area contributed by atoms with Gasteiger partial charge in [0, 0.05) is 6.07 Å². The standard InChI is InChI=1S/C11H9BrN2O/c12-10-6-7-11(14-13-10)15-8-9-4-2-1-3-5-9/h1-7H,8H2. The molecule has 2 rings (SSSR count). The Hall–Kier alpha value is -1.42. The third-order valence-electron chi connectivity index (χ3n) is 1.84. The van der Waals surface area contributed by atoms with Crippen molar-refractivity contribution >= 4 is 15.9 Å². The summed E-state index contributed by atoms with van der Waals surface area (Å²) in [6.45, 7) is 0.511. The highest BCUT2D eigenvalue weighted by Gasteiger charge is 1.97. The molecule has 1 heterocycles. The zero-order valence-electron chi connectivity index (χ0n) is 7.93. The summed E-state index contributed by atoms with van der Waals surface area (Å²) in [6.07, 6.45) is 0. The first-order chi connectivity index (χ1) is 7.34. The molecule has 15 heavy (non-hydrogen) atoms.